The lowest BCUT2D eigenvalue weighted by atomic mass is 10.2. The van der Waals surface area contributed by atoms with Gasteiger partial charge in [0.2, 0.25) is 0 Å². The number of rotatable bonds is 2. The molecule has 0 saturated heterocycles. The SMILES string of the molecule is N[C@]1(C(=O)O)C[C@H]1c1cnc[nH]1. The van der Waals surface area contributed by atoms with Crippen molar-refractivity contribution < 1.29 is 9.90 Å². The standard InChI is InChI=1S/C7H9N3O2/c8-7(6(11)12)1-4(7)5-2-9-3-10-5/h2-4H,1,8H2,(H,9,10)(H,11,12)/t4-,7+/m0/s1. The van der Waals surface area contributed by atoms with Gasteiger partial charge in [-0.15, -0.1) is 0 Å². The second kappa shape index (κ2) is 2.07. The predicted molar refractivity (Wildman–Crippen MR) is 40.5 cm³/mol. The first-order valence-electron chi connectivity index (χ1n) is 3.65. The lowest BCUT2D eigenvalue weighted by molar-refractivity contribution is -0.139. The summed E-state index contributed by atoms with van der Waals surface area (Å²) in [7, 11) is 0. The van der Waals surface area contributed by atoms with Crippen LogP contribution in [0.3, 0.4) is 0 Å². The molecule has 1 aliphatic carbocycles. The van der Waals surface area contributed by atoms with E-state index in [-0.39, 0.29) is 5.92 Å². The van der Waals surface area contributed by atoms with Gasteiger partial charge < -0.3 is 15.8 Å². The third kappa shape index (κ3) is 0.831. The molecule has 5 heteroatoms. The number of aromatic nitrogens is 2. The Labute approximate surface area is 68.6 Å². The summed E-state index contributed by atoms with van der Waals surface area (Å²) in [5.74, 6) is -1.04. The van der Waals surface area contributed by atoms with Gasteiger partial charge in [0.15, 0.2) is 0 Å². The summed E-state index contributed by atoms with van der Waals surface area (Å²) < 4.78 is 0. The van der Waals surface area contributed by atoms with Crippen LogP contribution in [0.1, 0.15) is 18.0 Å². The molecule has 12 heavy (non-hydrogen) atoms. The van der Waals surface area contributed by atoms with Crippen LogP contribution in [0.15, 0.2) is 12.5 Å². The quantitative estimate of drug-likeness (QED) is 0.562. The highest BCUT2D eigenvalue weighted by Gasteiger charge is 2.59. The second-order valence-electron chi connectivity index (χ2n) is 3.11. The zero-order chi connectivity index (χ0) is 8.77. The van der Waals surface area contributed by atoms with Gasteiger partial charge in [-0.2, -0.15) is 0 Å². The number of hydrogen-bond acceptors (Lipinski definition) is 3. The molecule has 0 aromatic carbocycles. The Morgan fingerprint density at radius 2 is 2.67 bits per heavy atom. The van der Waals surface area contributed by atoms with Gasteiger partial charge >= 0.3 is 5.97 Å². The van der Waals surface area contributed by atoms with Crippen molar-refractivity contribution in [1.29, 1.82) is 0 Å². The second-order valence-corrected chi connectivity index (χ2v) is 3.11. The Balaban J connectivity index is 2.19. The number of H-pyrrole nitrogens is 1. The normalized spacial score (nSPS) is 33.2. The van der Waals surface area contributed by atoms with Crippen molar-refractivity contribution in [3.63, 3.8) is 0 Å². The van der Waals surface area contributed by atoms with Gasteiger partial charge in [0.1, 0.15) is 5.54 Å². The highest BCUT2D eigenvalue weighted by molar-refractivity contribution is 5.84. The maximum atomic E-state index is 10.6. The van der Waals surface area contributed by atoms with E-state index in [2.05, 4.69) is 9.97 Å². The van der Waals surface area contributed by atoms with E-state index in [4.69, 9.17) is 10.8 Å². The molecule has 64 valence electrons. The van der Waals surface area contributed by atoms with E-state index in [1.807, 2.05) is 0 Å². The van der Waals surface area contributed by atoms with E-state index in [1.165, 1.54) is 6.33 Å². The summed E-state index contributed by atoms with van der Waals surface area (Å²) in [6, 6.07) is 0. The summed E-state index contributed by atoms with van der Waals surface area (Å²) in [5, 5.41) is 8.72. The Morgan fingerprint density at radius 1 is 1.92 bits per heavy atom. The molecule has 0 radical (unpaired) electrons. The van der Waals surface area contributed by atoms with Crippen LogP contribution in [0.5, 0.6) is 0 Å². The third-order valence-electron chi connectivity index (χ3n) is 2.30. The minimum absolute atomic E-state index is 0.0995. The number of nitrogens with one attached hydrogen (secondary N) is 1. The number of nitrogens with two attached hydrogens (primary N) is 1. The molecule has 1 aliphatic rings. The molecule has 1 saturated carbocycles. The molecule has 2 atom stereocenters. The van der Waals surface area contributed by atoms with Gasteiger partial charge in [-0.1, -0.05) is 0 Å². The number of nitrogens with zero attached hydrogens (tertiary/aromatic N) is 1. The number of hydrogen-bond donors (Lipinski definition) is 3. The Bertz CT molecular complexity index is 308. The largest absolute Gasteiger partial charge is 0.480 e. The fourth-order valence-electron chi connectivity index (χ4n) is 1.36. The molecule has 0 unspecified atom stereocenters. The van der Waals surface area contributed by atoms with Crippen LogP contribution < -0.4 is 5.73 Å². The molecule has 1 aromatic rings. The van der Waals surface area contributed by atoms with Crippen molar-refractivity contribution >= 4 is 5.97 Å². The molecule has 2 rings (SSSR count). The molecular weight excluding hydrogens is 158 g/mol. The zero-order valence-electron chi connectivity index (χ0n) is 6.32. The summed E-state index contributed by atoms with van der Waals surface area (Å²) in [5.41, 5.74) is 5.32. The zero-order valence-corrected chi connectivity index (χ0v) is 6.32. The first kappa shape index (κ1) is 7.30. The molecule has 1 heterocycles. The number of imidazole rings is 1. The van der Waals surface area contributed by atoms with Gasteiger partial charge in [-0.3, -0.25) is 4.79 Å². The van der Waals surface area contributed by atoms with Crippen LogP contribution in [-0.4, -0.2) is 26.6 Å². The average molecular weight is 167 g/mol. The molecule has 1 fully saturated rings. The summed E-state index contributed by atoms with van der Waals surface area (Å²) in [6.45, 7) is 0. The molecular formula is C7H9N3O2. The summed E-state index contributed by atoms with van der Waals surface area (Å²) >= 11 is 0. The van der Waals surface area contributed by atoms with Crippen LogP contribution in [0.25, 0.3) is 0 Å². The minimum Gasteiger partial charge on any atom is -0.480 e. The molecule has 0 bridgehead atoms. The maximum Gasteiger partial charge on any atom is 0.324 e. The first-order chi connectivity index (χ1) is 5.64. The van der Waals surface area contributed by atoms with Crippen molar-refractivity contribution in [3.8, 4) is 0 Å². The lowest BCUT2D eigenvalue weighted by Gasteiger charge is -2.02. The number of aromatic amines is 1. The van der Waals surface area contributed by atoms with Crippen LogP contribution in [0.2, 0.25) is 0 Å². The van der Waals surface area contributed by atoms with Crippen molar-refractivity contribution in [1.82, 2.24) is 9.97 Å². The third-order valence-corrected chi connectivity index (χ3v) is 2.30. The fraction of sp³-hybridized carbons (Fsp3) is 0.429. The van der Waals surface area contributed by atoms with E-state index >= 15 is 0 Å². The topological polar surface area (TPSA) is 92.0 Å². The van der Waals surface area contributed by atoms with E-state index in [9.17, 15) is 4.79 Å². The van der Waals surface area contributed by atoms with E-state index in [0.29, 0.717) is 6.42 Å². The minimum atomic E-state index is -1.06. The maximum absolute atomic E-state index is 10.6. The Morgan fingerprint density at radius 3 is 3.08 bits per heavy atom. The number of carboxylic acid groups (broad SMARTS) is 1. The summed E-state index contributed by atoms with van der Waals surface area (Å²) in [6.07, 6.45) is 3.63. The highest BCUT2D eigenvalue weighted by atomic mass is 16.4. The Kier molecular flexibility index (Phi) is 1.26. The predicted octanol–water partition coefficient (Wildman–Crippen LogP) is -0.321. The van der Waals surface area contributed by atoms with Gasteiger partial charge in [-0.05, 0) is 6.42 Å². The molecule has 0 amide bonds. The fourth-order valence-corrected chi connectivity index (χ4v) is 1.36. The van der Waals surface area contributed by atoms with E-state index < -0.39 is 11.5 Å². The van der Waals surface area contributed by atoms with Crippen LogP contribution >= 0.6 is 0 Å². The van der Waals surface area contributed by atoms with Gasteiger partial charge in [0.25, 0.3) is 0 Å². The van der Waals surface area contributed by atoms with Crippen molar-refractivity contribution in [2.24, 2.45) is 5.73 Å². The average Bonchev–Trinajstić information content (AvgIpc) is 2.49. The Hall–Kier alpha value is -1.36. The van der Waals surface area contributed by atoms with Gasteiger partial charge in [-0.25, -0.2) is 4.98 Å². The molecule has 1 aromatic heterocycles. The van der Waals surface area contributed by atoms with Crippen molar-refractivity contribution in [2.45, 2.75) is 17.9 Å². The number of carbonyl (C=O) groups is 1. The van der Waals surface area contributed by atoms with Crippen molar-refractivity contribution in [2.75, 3.05) is 0 Å². The molecule has 0 spiro atoms. The first-order valence-corrected chi connectivity index (χ1v) is 3.65. The number of carboxylic acids is 1. The summed E-state index contributed by atoms with van der Waals surface area (Å²) in [4.78, 5) is 17.3. The highest BCUT2D eigenvalue weighted by Crippen LogP contribution is 2.48. The number of aliphatic carboxylic acids is 1. The van der Waals surface area contributed by atoms with Crippen LogP contribution in [0.4, 0.5) is 0 Å². The molecule has 0 aliphatic heterocycles. The molecule has 4 N–H and O–H groups in total. The lowest BCUT2D eigenvalue weighted by Crippen LogP contribution is -2.34. The monoisotopic (exact) mass is 167 g/mol. The smallest absolute Gasteiger partial charge is 0.324 e. The van der Waals surface area contributed by atoms with Crippen molar-refractivity contribution in [3.05, 3.63) is 18.2 Å². The van der Waals surface area contributed by atoms with Gasteiger partial charge in [0, 0.05) is 17.8 Å². The van der Waals surface area contributed by atoms with E-state index in [0.717, 1.165) is 5.69 Å². The van der Waals surface area contributed by atoms with E-state index in [1.54, 1.807) is 6.20 Å². The van der Waals surface area contributed by atoms with Crippen LogP contribution in [-0.2, 0) is 4.79 Å². The molecule has 5 nitrogen and oxygen atoms in total. The van der Waals surface area contributed by atoms with Crippen LogP contribution in [0, 0.1) is 0 Å². The van der Waals surface area contributed by atoms with Gasteiger partial charge in [0.05, 0.1) is 6.33 Å².